The number of hydrogen-bond acceptors (Lipinski definition) is 3. The van der Waals surface area contributed by atoms with Gasteiger partial charge in [-0.05, 0) is 32.3 Å². The minimum atomic E-state index is -1.06. The Labute approximate surface area is 128 Å². The molecule has 1 aromatic carbocycles. The second-order valence-corrected chi connectivity index (χ2v) is 5.71. The highest BCUT2D eigenvalue weighted by Crippen LogP contribution is 2.37. The molecule has 0 radical (unpaired) electrons. The van der Waals surface area contributed by atoms with Gasteiger partial charge in [-0.25, -0.2) is 8.78 Å². The molecule has 0 bridgehead atoms. The number of halogens is 2. The van der Waals surface area contributed by atoms with Gasteiger partial charge in [-0.3, -0.25) is 4.79 Å². The Kier molecular flexibility index (Phi) is 5.47. The number of benzene rings is 1. The normalized spacial score (nSPS) is 18.7. The Morgan fingerprint density at radius 1 is 1.41 bits per heavy atom. The van der Waals surface area contributed by atoms with E-state index in [4.69, 9.17) is 9.84 Å². The lowest BCUT2D eigenvalue weighted by Crippen LogP contribution is -2.51. The second kappa shape index (κ2) is 7.15. The summed E-state index contributed by atoms with van der Waals surface area (Å²) in [6.07, 6.45) is 1.10. The quantitative estimate of drug-likeness (QED) is 0.873. The van der Waals surface area contributed by atoms with E-state index in [0.717, 1.165) is 6.07 Å². The molecule has 1 atom stereocenters. The highest BCUT2D eigenvalue weighted by atomic mass is 19.1. The monoisotopic (exact) mass is 313 g/mol. The number of rotatable bonds is 5. The summed E-state index contributed by atoms with van der Waals surface area (Å²) in [7, 11) is 0. The molecular formula is C16H21F2NO3. The Hall–Kier alpha value is -1.53. The van der Waals surface area contributed by atoms with Crippen molar-refractivity contribution in [2.45, 2.75) is 37.6 Å². The van der Waals surface area contributed by atoms with E-state index in [1.165, 1.54) is 12.1 Å². The standard InChI is InChI=1S/C16H21F2NO3/c1-11(4-7-20)19-15(21)16(5-8-22-9-6-16)13-3-2-12(17)10-14(13)18/h2-3,10-11,20H,4-9H2,1H3,(H,19,21). The molecule has 1 unspecified atom stereocenters. The third-order valence-corrected chi connectivity index (χ3v) is 4.17. The highest BCUT2D eigenvalue weighted by Gasteiger charge is 2.43. The Morgan fingerprint density at radius 2 is 2.09 bits per heavy atom. The van der Waals surface area contributed by atoms with Gasteiger partial charge in [0.1, 0.15) is 11.6 Å². The van der Waals surface area contributed by atoms with Crippen molar-refractivity contribution in [2.75, 3.05) is 19.8 Å². The lowest BCUT2D eigenvalue weighted by atomic mass is 9.73. The zero-order valence-electron chi connectivity index (χ0n) is 12.6. The van der Waals surface area contributed by atoms with Crippen molar-refractivity contribution in [3.05, 3.63) is 35.4 Å². The van der Waals surface area contributed by atoms with Crippen LogP contribution in [0.1, 0.15) is 31.7 Å². The minimum Gasteiger partial charge on any atom is -0.396 e. The first-order valence-corrected chi connectivity index (χ1v) is 7.45. The smallest absolute Gasteiger partial charge is 0.231 e. The molecule has 1 aliphatic rings. The van der Waals surface area contributed by atoms with Crippen molar-refractivity contribution < 1.29 is 23.4 Å². The molecule has 0 spiro atoms. The molecule has 2 N–H and O–H groups in total. The first-order valence-electron chi connectivity index (χ1n) is 7.45. The van der Waals surface area contributed by atoms with Crippen LogP contribution in [0.5, 0.6) is 0 Å². The summed E-state index contributed by atoms with van der Waals surface area (Å²) >= 11 is 0. The minimum absolute atomic E-state index is 0.0392. The molecule has 1 saturated heterocycles. The largest absolute Gasteiger partial charge is 0.396 e. The number of nitrogens with one attached hydrogen (secondary N) is 1. The van der Waals surface area contributed by atoms with Crippen molar-refractivity contribution in [1.82, 2.24) is 5.32 Å². The van der Waals surface area contributed by atoms with Gasteiger partial charge in [0.15, 0.2) is 0 Å². The average Bonchev–Trinajstić information content (AvgIpc) is 2.48. The molecule has 2 rings (SSSR count). The van der Waals surface area contributed by atoms with Gasteiger partial charge in [0.25, 0.3) is 0 Å². The van der Waals surface area contributed by atoms with Crippen LogP contribution in [-0.2, 0) is 14.9 Å². The van der Waals surface area contributed by atoms with E-state index in [1.54, 1.807) is 6.92 Å². The van der Waals surface area contributed by atoms with Crippen molar-refractivity contribution in [2.24, 2.45) is 0 Å². The molecule has 1 aromatic rings. The second-order valence-electron chi connectivity index (χ2n) is 5.71. The van der Waals surface area contributed by atoms with Crippen molar-refractivity contribution in [3.8, 4) is 0 Å². The van der Waals surface area contributed by atoms with Gasteiger partial charge in [0.2, 0.25) is 5.91 Å². The number of aliphatic hydroxyl groups excluding tert-OH is 1. The molecule has 122 valence electrons. The SMILES string of the molecule is CC(CCO)NC(=O)C1(c2ccc(F)cc2F)CCOCC1. The summed E-state index contributed by atoms with van der Waals surface area (Å²) in [6, 6.07) is 3.09. The third-order valence-electron chi connectivity index (χ3n) is 4.17. The molecule has 1 fully saturated rings. The van der Waals surface area contributed by atoms with Crippen LogP contribution in [0.15, 0.2) is 18.2 Å². The van der Waals surface area contributed by atoms with E-state index in [-0.39, 0.29) is 24.1 Å². The van der Waals surface area contributed by atoms with E-state index in [9.17, 15) is 13.6 Å². The molecule has 0 aromatic heterocycles. The number of ether oxygens (including phenoxy) is 1. The van der Waals surface area contributed by atoms with E-state index < -0.39 is 17.0 Å². The Balaban J connectivity index is 2.33. The lowest BCUT2D eigenvalue weighted by molar-refractivity contribution is -0.131. The van der Waals surface area contributed by atoms with Crippen LogP contribution in [0.2, 0.25) is 0 Å². The number of aliphatic hydroxyl groups is 1. The van der Waals surface area contributed by atoms with E-state index in [0.29, 0.717) is 32.5 Å². The van der Waals surface area contributed by atoms with Crippen LogP contribution in [0.3, 0.4) is 0 Å². The summed E-state index contributed by atoms with van der Waals surface area (Å²) in [4.78, 5) is 12.7. The van der Waals surface area contributed by atoms with Crippen LogP contribution < -0.4 is 5.32 Å². The maximum Gasteiger partial charge on any atom is 0.231 e. The number of hydrogen-bond donors (Lipinski definition) is 2. The summed E-state index contributed by atoms with van der Waals surface area (Å²) in [5, 5.41) is 11.8. The Morgan fingerprint density at radius 3 is 2.68 bits per heavy atom. The molecule has 0 saturated carbocycles. The van der Waals surface area contributed by atoms with Gasteiger partial charge in [-0.2, -0.15) is 0 Å². The summed E-state index contributed by atoms with van der Waals surface area (Å²) < 4.78 is 32.7. The number of carbonyl (C=O) groups excluding carboxylic acids is 1. The van der Waals surface area contributed by atoms with Gasteiger partial charge in [-0.15, -0.1) is 0 Å². The molecule has 1 amide bonds. The first-order chi connectivity index (χ1) is 10.5. The highest BCUT2D eigenvalue weighted by molar-refractivity contribution is 5.88. The van der Waals surface area contributed by atoms with E-state index in [2.05, 4.69) is 5.32 Å². The van der Waals surface area contributed by atoms with E-state index in [1.807, 2.05) is 0 Å². The number of amides is 1. The third kappa shape index (κ3) is 3.44. The summed E-state index contributed by atoms with van der Waals surface area (Å²) in [5.41, 5.74) is -0.856. The summed E-state index contributed by atoms with van der Waals surface area (Å²) in [5.74, 6) is -1.69. The maximum atomic E-state index is 14.2. The molecular weight excluding hydrogens is 292 g/mol. The first kappa shape index (κ1) is 16.8. The topological polar surface area (TPSA) is 58.6 Å². The summed E-state index contributed by atoms with van der Waals surface area (Å²) in [6.45, 7) is 2.43. The van der Waals surface area contributed by atoms with E-state index >= 15 is 0 Å². The van der Waals surface area contributed by atoms with Crippen LogP contribution in [0, 0.1) is 11.6 Å². The predicted octanol–water partition coefficient (Wildman–Crippen LogP) is 1.90. The van der Waals surface area contributed by atoms with Gasteiger partial charge >= 0.3 is 0 Å². The van der Waals surface area contributed by atoms with Gasteiger partial charge in [-0.1, -0.05) is 6.07 Å². The zero-order chi connectivity index (χ0) is 16.2. The van der Waals surface area contributed by atoms with Crippen LogP contribution >= 0.6 is 0 Å². The fraction of sp³-hybridized carbons (Fsp3) is 0.562. The van der Waals surface area contributed by atoms with Crippen LogP contribution in [0.25, 0.3) is 0 Å². The molecule has 1 heterocycles. The predicted molar refractivity (Wildman–Crippen MR) is 77.4 cm³/mol. The van der Waals surface area contributed by atoms with Crippen LogP contribution in [0.4, 0.5) is 8.78 Å². The fourth-order valence-corrected chi connectivity index (χ4v) is 2.84. The van der Waals surface area contributed by atoms with Crippen molar-refractivity contribution in [1.29, 1.82) is 0 Å². The maximum absolute atomic E-state index is 14.2. The van der Waals surface area contributed by atoms with Crippen LogP contribution in [-0.4, -0.2) is 36.9 Å². The molecule has 0 aliphatic carbocycles. The van der Waals surface area contributed by atoms with Gasteiger partial charge in [0, 0.05) is 37.5 Å². The molecule has 1 aliphatic heterocycles. The van der Waals surface area contributed by atoms with Crippen molar-refractivity contribution >= 4 is 5.91 Å². The molecule has 4 nitrogen and oxygen atoms in total. The van der Waals surface area contributed by atoms with Gasteiger partial charge < -0.3 is 15.2 Å². The fourth-order valence-electron chi connectivity index (χ4n) is 2.84. The number of carbonyl (C=O) groups is 1. The molecule has 22 heavy (non-hydrogen) atoms. The average molecular weight is 313 g/mol. The lowest BCUT2D eigenvalue weighted by Gasteiger charge is -2.37. The zero-order valence-corrected chi connectivity index (χ0v) is 12.6. The van der Waals surface area contributed by atoms with Gasteiger partial charge in [0.05, 0.1) is 5.41 Å². The molecule has 6 heteroatoms. The Bertz CT molecular complexity index is 530. The van der Waals surface area contributed by atoms with Crippen molar-refractivity contribution in [3.63, 3.8) is 0 Å².